The van der Waals surface area contributed by atoms with Crippen LogP contribution in [0, 0.1) is 0 Å². The summed E-state index contributed by atoms with van der Waals surface area (Å²) in [6.45, 7) is 0.0980. The van der Waals surface area contributed by atoms with E-state index in [-0.39, 0.29) is 18.2 Å². The Kier molecular flexibility index (Phi) is 8.91. The molecular weight excluding hydrogens is 484 g/mol. The van der Waals surface area contributed by atoms with Crippen molar-refractivity contribution in [2.75, 3.05) is 33.8 Å². The number of carbonyl (C=O) groups excluding carboxylic acids is 1. The number of sulfone groups is 1. The van der Waals surface area contributed by atoms with E-state index in [1.54, 1.807) is 47.3 Å². The highest BCUT2D eigenvalue weighted by molar-refractivity contribution is 7.93. The molecule has 0 radical (unpaired) electrons. The lowest BCUT2D eigenvalue weighted by Crippen LogP contribution is -2.39. The Bertz CT molecular complexity index is 1310. The molecule has 9 nitrogen and oxygen atoms in total. The number of benzene rings is 2. The third kappa shape index (κ3) is 6.98. The lowest BCUT2D eigenvalue weighted by atomic mass is 10.1. The first-order valence-corrected chi connectivity index (χ1v) is 12.6. The fourth-order valence-electron chi connectivity index (χ4n) is 3.49. The Morgan fingerprint density at radius 2 is 1.53 bits per heavy atom. The van der Waals surface area contributed by atoms with Gasteiger partial charge in [-0.25, -0.2) is 8.42 Å². The zero-order chi connectivity index (χ0) is 26.1. The lowest BCUT2D eigenvalue weighted by Gasteiger charge is -2.13. The zero-order valence-corrected chi connectivity index (χ0v) is 21.4. The third-order valence-electron chi connectivity index (χ3n) is 5.20. The fraction of sp³-hybridized carbons (Fsp3) is 0.231. The Labute approximate surface area is 210 Å². The van der Waals surface area contributed by atoms with E-state index in [2.05, 4.69) is 5.32 Å². The van der Waals surface area contributed by atoms with Crippen molar-refractivity contribution in [1.82, 2.24) is 0 Å². The fourth-order valence-corrected chi connectivity index (χ4v) is 4.57. The molecule has 190 valence electrons. The molecule has 0 saturated heterocycles. The average molecular weight is 514 g/mol. The van der Waals surface area contributed by atoms with Gasteiger partial charge in [0.25, 0.3) is 5.91 Å². The van der Waals surface area contributed by atoms with Crippen molar-refractivity contribution in [1.29, 1.82) is 0 Å². The van der Waals surface area contributed by atoms with E-state index in [1.807, 2.05) is 18.2 Å². The van der Waals surface area contributed by atoms with E-state index in [4.69, 9.17) is 18.9 Å². The topological polar surface area (TPSA) is 104 Å². The summed E-state index contributed by atoms with van der Waals surface area (Å²) in [6, 6.07) is 13.6. The molecule has 0 bridgehead atoms. The second kappa shape index (κ2) is 12.1. The Morgan fingerprint density at radius 1 is 0.889 bits per heavy atom. The van der Waals surface area contributed by atoms with Gasteiger partial charge in [-0.1, -0.05) is 12.1 Å². The van der Waals surface area contributed by atoms with Gasteiger partial charge >= 0.3 is 0 Å². The predicted molar refractivity (Wildman–Crippen MR) is 136 cm³/mol. The van der Waals surface area contributed by atoms with E-state index >= 15 is 0 Å². The summed E-state index contributed by atoms with van der Waals surface area (Å²) in [5.74, 6) is 1.19. The van der Waals surface area contributed by atoms with Crippen molar-refractivity contribution in [2.45, 2.75) is 12.3 Å². The number of carbonyl (C=O) groups is 1. The molecule has 1 N–H and O–H groups in total. The minimum absolute atomic E-state index is 0.0980. The van der Waals surface area contributed by atoms with Crippen LogP contribution in [-0.2, 0) is 26.9 Å². The maximum atomic E-state index is 12.9. The number of hydrogen-bond acceptors (Lipinski definition) is 7. The van der Waals surface area contributed by atoms with Crippen LogP contribution in [0.1, 0.15) is 11.1 Å². The number of anilines is 1. The van der Waals surface area contributed by atoms with E-state index in [0.717, 1.165) is 5.41 Å². The summed E-state index contributed by atoms with van der Waals surface area (Å²) in [5.41, 5.74) is 1.33. The second-order valence-corrected chi connectivity index (χ2v) is 9.57. The van der Waals surface area contributed by atoms with Crippen molar-refractivity contribution in [3.8, 4) is 23.0 Å². The van der Waals surface area contributed by atoms with Gasteiger partial charge in [0.1, 0.15) is 23.0 Å². The van der Waals surface area contributed by atoms with Gasteiger partial charge < -0.3 is 24.3 Å². The number of rotatable bonds is 11. The maximum absolute atomic E-state index is 12.9. The highest BCUT2D eigenvalue weighted by Gasteiger charge is 2.16. The van der Waals surface area contributed by atoms with Gasteiger partial charge in [-0.3, -0.25) is 4.79 Å². The number of ether oxygens (including phenoxy) is 4. The van der Waals surface area contributed by atoms with E-state index in [0.29, 0.717) is 39.8 Å². The van der Waals surface area contributed by atoms with Crippen LogP contribution in [0.2, 0.25) is 0 Å². The molecule has 0 atom stereocenters. The number of amides is 1. The van der Waals surface area contributed by atoms with Gasteiger partial charge in [-0.2, -0.15) is 4.57 Å². The molecule has 2 aromatic carbocycles. The molecule has 1 heterocycles. The van der Waals surface area contributed by atoms with Crippen LogP contribution < -0.4 is 28.8 Å². The van der Waals surface area contributed by atoms with Gasteiger partial charge in [-0.15, -0.1) is 0 Å². The molecule has 36 heavy (non-hydrogen) atoms. The molecule has 1 aromatic heterocycles. The van der Waals surface area contributed by atoms with Gasteiger partial charge in [0.05, 0.1) is 45.4 Å². The molecule has 0 spiro atoms. The number of methoxy groups -OCH3 is 4. The Hall–Kier alpha value is -4.05. The van der Waals surface area contributed by atoms with Crippen molar-refractivity contribution in [2.24, 2.45) is 0 Å². The summed E-state index contributed by atoms with van der Waals surface area (Å²) in [7, 11) is 2.25. The van der Waals surface area contributed by atoms with Gasteiger partial charge in [-0.05, 0) is 23.8 Å². The molecule has 1 amide bonds. The summed E-state index contributed by atoms with van der Waals surface area (Å²) >= 11 is 0. The molecule has 0 unspecified atom stereocenters. The number of pyridine rings is 1. The highest BCUT2D eigenvalue weighted by Crippen LogP contribution is 2.35. The number of aromatic nitrogens is 1. The summed E-state index contributed by atoms with van der Waals surface area (Å²) in [4.78, 5) is 12.5. The molecule has 0 aliphatic rings. The van der Waals surface area contributed by atoms with Crippen molar-refractivity contribution >= 4 is 27.5 Å². The van der Waals surface area contributed by atoms with Crippen LogP contribution >= 0.6 is 0 Å². The van der Waals surface area contributed by atoms with Crippen molar-refractivity contribution in [3.63, 3.8) is 0 Å². The van der Waals surface area contributed by atoms with Gasteiger partial charge in [0, 0.05) is 29.7 Å². The second-order valence-electron chi connectivity index (χ2n) is 7.69. The van der Waals surface area contributed by atoms with Gasteiger partial charge in [0.2, 0.25) is 6.54 Å². The maximum Gasteiger partial charge on any atom is 0.290 e. The van der Waals surface area contributed by atoms with Gasteiger partial charge in [0.15, 0.2) is 22.2 Å². The molecular formula is C26H29N2O7S+. The molecule has 0 saturated carbocycles. The van der Waals surface area contributed by atoms with E-state index < -0.39 is 9.84 Å². The quantitative estimate of drug-likeness (QED) is 0.393. The van der Waals surface area contributed by atoms with Crippen molar-refractivity contribution < 1.29 is 36.7 Å². The summed E-state index contributed by atoms with van der Waals surface area (Å²) in [6.07, 6.45) is 4.98. The van der Waals surface area contributed by atoms with E-state index in [9.17, 15) is 13.2 Å². The first kappa shape index (κ1) is 26.6. The monoisotopic (exact) mass is 513 g/mol. The average Bonchev–Trinajstić information content (AvgIpc) is 2.87. The zero-order valence-electron chi connectivity index (χ0n) is 20.6. The smallest absolute Gasteiger partial charge is 0.290 e. The van der Waals surface area contributed by atoms with Crippen molar-refractivity contribution in [3.05, 3.63) is 77.5 Å². The molecule has 0 fully saturated rings. The Balaban J connectivity index is 1.81. The molecule has 3 rings (SSSR count). The van der Waals surface area contributed by atoms with Crippen LogP contribution in [0.25, 0.3) is 6.08 Å². The first-order valence-electron chi connectivity index (χ1n) is 10.9. The van der Waals surface area contributed by atoms with Crippen LogP contribution in [0.15, 0.2) is 66.3 Å². The number of hydrogen-bond donors (Lipinski definition) is 1. The minimum Gasteiger partial charge on any atom is -0.496 e. The largest absolute Gasteiger partial charge is 0.496 e. The van der Waals surface area contributed by atoms with Crippen LogP contribution in [0.3, 0.4) is 0 Å². The van der Waals surface area contributed by atoms with Crippen LogP contribution in [0.5, 0.6) is 23.0 Å². The van der Waals surface area contributed by atoms with Crippen LogP contribution in [-0.4, -0.2) is 42.8 Å². The number of nitrogens with one attached hydrogen (secondary N) is 1. The van der Waals surface area contributed by atoms with E-state index in [1.165, 1.54) is 34.5 Å². The molecule has 0 aliphatic heterocycles. The minimum atomic E-state index is -3.69. The number of nitrogens with zero attached hydrogens (tertiary/aromatic N) is 1. The summed E-state index contributed by atoms with van der Waals surface area (Å²) in [5, 5.41) is 3.90. The highest BCUT2D eigenvalue weighted by atomic mass is 32.2. The molecule has 3 aromatic rings. The molecule has 10 heteroatoms. The predicted octanol–water partition coefficient (Wildman–Crippen LogP) is 3.23. The molecule has 0 aliphatic carbocycles. The SMILES string of the molecule is COc1cc(OC)c(/C=C/S(=O)(=O)Cc2ccc(OC)c(NC(=O)C[n+]3ccccc3)c2)c(OC)c1. The lowest BCUT2D eigenvalue weighted by molar-refractivity contribution is -0.684. The standard InChI is InChI=1S/C26H28N2O7S/c1-32-20-15-24(34-3)21(25(16-20)35-4)10-13-36(30,31)18-19-8-9-23(33-2)22(14-19)27-26(29)17-28-11-6-5-7-12-28/h5-16H,17-18H2,1-4H3/p+1/b13-10+. The summed E-state index contributed by atoms with van der Waals surface area (Å²) < 4.78 is 48.8. The first-order chi connectivity index (χ1) is 17.3. The Morgan fingerprint density at radius 3 is 2.11 bits per heavy atom. The van der Waals surface area contributed by atoms with Crippen LogP contribution in [0.4, 0.5) is 5.69 Å². The third-order valence-corrected chi connectivity index (χ3v) is 6.49. The normalized spacial score (nSPS) is 11.2.